The van der Waals surface area contributed by atoms with E-state index in [-0.39, 0.29) is 5.92 Å². The number of allylic oxidation sites excluding steroid dienone is 1. The summed E-state index contributed by atoms with van der Waals surface area (Å²) in [5.41, 5.74) is 1.06. The Hall–Kier alpha value is -0.600. The molecule has 0 saturated heterocycles. The van der Waals surface area contributed by atoms with Gasteiger partial charge in [0, 0.05) is 21.9 Å². The van der Waals surface area contributed by atoms with E-state index < -0.39 is 0 Å². The van der Waals surface area contributed by atoms with Crippen LogP contribution < -0.4 is 0 Å². The number of carbonyl (C=O) groups is 1. The van der Waals surface area contributed by atoms with Crippen molar-refractivity contribution in [2.75, 3.05) is 0 Å². The first-order chi connectivity index (χ1) is 9.68. The van der Waals surface area contributed by atoms with Crippen molar-refractivity contribution in [3.8, 4) is 0 Å². The van der Waals surface area contributed by atoms with Crippen LogP contribution in [0.2, 0.25) is 0 Å². The van der Waals surface area contributed by atoms with Gasteiger partial charge in [-0.2, -0.15) is 0 Å². The molecule has 0 atom stereocenters. The smallest absolute Gasteiger partial charge is 0.136 e. The number of halogens is 2. The number of rotatable bonds is 5. The molecule has 0 aliphatic heterocycles. The lowest BCUT2D eigenvalue weighted by Crippen LogP contribution is -2.17. The normalized spacial score (nSPS) is 17.7. The molecule has 0 heterocycles. The lowest BCUT2D eigenvalue weighted by atomic mass is 9.85. The fourth-order valence-electron chi connectivity index (χ4n) is 2.71. The number of hydrogen-bond donors (Lipinski definition) is 0. The number of benzene rings is 1. The number of ketones is 1. The third kappa shape index (κ3) is 4.46. The molecule has 0 spiro atoms. The fourth-order valence-corrected chi connectivity index (χ4v) is 3.38. The maximum atomic E-state index is 12.2. The summed E-state index contributed by atoms with van der Waals surface area (Å²) in [5, 5.41) is 0.736. The SMILES string of the molecule is O=C(CC/C(Cl)=C(/Br)c1ccccc1)C1CCCCC1. The largest absolute Gasteiger partial charge is 0.299 e. The van der Waals surface area contributed by atoms with Gasteiger partial charge in [0.15, 0.2) is 0 Å². The Balaban J connectivity index is 1.91. The quantitative estimate of drug-likeness (QED) is 0.641. The monoisotopic (exact) mass is 354 g/mol. The summed E-state index contributed by atoms with van der Waals surface area (Å²) >= 11 is 9.86. The summed E-state index contributed by atoms with van der Waals surface area (Å²) in [7, 11) is 0. The summed E-state index contributed by atoms with van der Waals surface area (Å²) in [6.45, 7) is 0. The molecule has 3 heteroatoms. The Morgan fingerprint density at radius 1 is 1.10 bits per heavy atom. The minimum atomic E-state index is 0.281. The Bertz CT molecular complexity index is 475. The van der Waals surface area contributed by atoms with Crippen LogP contribution in [0.25, 0.3) is 4.48 Å². The van der Waals surface area contributed by atoms with Crippen LogP contribution in [0.1, 0.15) is 50.5 Å². The van der Waals surface area contributed by atoms with Gasteiger partial charge in [0.05, 0.1) is 0 Å². The van der Waals surface area contributed by atoms with Gasteiger partial charge in [-0.05, 0) is 40.8 Å². The Morgan fingerprint density at radius 3 is 2.40 bits per heavy atom. The van der Waals surface area contributed by atoms with E-state index in [1.807, 2.05) is 30.3 Å². The van der Waals surface area contributed by atoms with E-state index in [1.165, 1.54) is 19.3 Å². The minimum Gasteiger partial charge on any atom is -0.299 e. The first-order valence-corrected chi connectivity index (χ1v) is 8.48. The van der Waals surface area contributed by atoms with E-state index in [0.29, 0.717) is 18.6 Å². The second-order valence-electron chi connectivity index (χ2n) is 5.39. The molecule has 20 heavy (non-hydrogen) atoms. The van der Waals surface area contributed by atoms with Crippen molar-refractivity contribution in [1.82, 2.24) is 0 Å². The van der Waals surface area contributed by atoms with Gasteiger partial charge in [0.25, 0.3) is 0 Å². The molecule has 0 unspecified atom stereocenters. The van der Waals surface area contributed by atoms with Gasteiger partial charge in [0.2, 0.25) is 0 Å². The van der Waals surface area contributed by atoms with Gasteiger partial charge in [-0.1, -0.05) is 61.2 Å². The Morgan fingerprint density at radius 2 is 1.75 bits per heavy atom. The van der Waals surface area contributed by atoms with E-state index >= 15 is 0 Å². The van der Waals surface area contributed by atoms with Crippen molar-refractivity contribution in [2.45, 2.75) is 44.9 Å². The Labute approximate surface area is 134 Å². The summed E-state index contributed by atoms with van der Waals surface area (Å²) in [6, 6.07) is 9.96. The molecular weight excluding hydrogens is 336 g/mol. The molecule has 2 rings (SSSR count). The lowest BCUT2D eigenvalue weighted by molar-refractivity contribution is -0.123. The van der Waals surface area contributed by atoms with Crippen molar-refractivity contribution in [1.29, 1.82) is 0 Å². The van der Waals surface area contributed by atoms with Crippen LogP contribution in [0.3, 0.4) is 0 Å². The zero-order chi connectivity index (χ0) is 14.4. The first kappa shape index (κ1) is 15.8. The molecule has 0 radical (unpaired) electrons. The van der Waals surface area contributed by atoms with E-state index in [2.05, 4.69) is 15.9 Å². The van der Waals surface area contributed by atoms with E-state index in [0.717, 1.165) is 27.9 Å². The number of carbonyl (C=O) groups excluding carboxylic acids is 1. The van der Waals surface area contributed by atoms with Crippen LogP contribution in [0.15, 0.2) is 35.4 Å². The molecule has 1 nitrogen and oxygen atoms in total. The van der Waals surface area contributed by atoms with Crippen LogP contribution in [0.5, 0.6) is 0 Å². The zero-order valence-corrected chi connectivity index (χ0v) is 13.9. The van der Waals surface area contributed by atoms with Gasteiger partial charge in [-0.25, -0.2) is 0 Å². The predicted molar refractivity (Wildman–Crippen MR) is 89.0 cm³/mol. The van der Waals surface area contributed by atoms with Crippen LogP contribution in [0.4, 0.5) is 0 Å². The highest BCUT2D eigenvalue weighted by molar-refractivity contribution is 9.15. The van der Waals surface area contributed by atoms with Gasteiger partial charge in [-0.3, -0.25) is 4.79 Å². The van der Waals surface area contributed by atoms with E-state index in [1.54, 1.807) is 0 Å². The molecule has 1 fully saturated rings. The topological polar surface area (TPSA) is 17.1 Å². The third-order valence-electron chi connectivity index (χ3n) is 3.92. The molecular formula is C17H20BrClO. The van der Waals surface area contributed by atoms with Crippen molar-refractivity contribution in [3.05, 3.63) is 40.9 Å². The molecule has 1 saturated carbocycles. The van der Waals surface area contributed by atoms with E-state index in [9.17, 15) is 4.79 Å². The fraction of sp³-hybridized carbons (Fsp3) is 0.471. The zero-order valence-electron chi connectivity index (χ0n) is 11.6. The molecule has 1 aromatic carbocycles. The van der Waals surface area contributed by atoms with Crippen molar-refractivity contribution >= 4 is 37.8 Å². The summed E-state index contributed by atoms with van der Waals surface area (Å²) in [6.07, 6.45) is 7.02. The first-order valence-electron chi connectivity index (χ1n) is 7.31. The van der Waals surface area contributed by atoms with Gasteiger partial charge >= 0.3 is 0 Å². The van der Waals surface area contributed by atoms with Crippen molar-refractivity contribution in [3.63, 3.8) is 0 Å². The molecule has 1 aliphatic rings. The Kier molecular flexibility index (Phi) is 6.31. The number of Topliss-reactive ketones (excluding diaryl/α,β-unsaturated/α-hetero) is 1. The second-order valence-corrected chi connectivity index (χ2v) is 6.64. The second kappa shape index (κ2) is 7.99. The van der Waals surface area contributed by atoms with Gasteiger partial charge in [0.1, 0.15) is 5.78 Å². The van der Waals surface area contributed by atoms with Crippen molar-refractivity contribution in [2.24, 2.45) is 5.92 Å². The van der Waals surface area contributed by atoms with Gasteiger partial charge in [-0.15, -0.1) is 0 Å². The van der Waals surface area contributed by atoms with Crippen molar-refractivity contribution < 1.29 is 4.79 Å². The molecule has 1 aromatic rings. The third-order valence-corrected chi connectivity index (χ3v) is 5.46. The lowest BCUT2D eigenvalue weighted by Gasteiger charge is -2.20. The average molecular weight is 356 g/mol. The van der Waals surface area contributed by atoms with Crippen LogP contribution >= 0.6 is 27.5 Å². The predicted octanol–water partition coefficient (Wildman–Crippen LogP) is 5.92. The standard InChI is InChI=1S/C17H20BrClO/c18-17(14-9-5-2-6-10-14)15(19)11-12-16(20)13-7-3-1-4-8-13/h2,5-6,9-10,13H,1,3-4,7-8,11-12H2/b17-15-. The maximum absolute atomic E-state index is 12.2. The number of hydrogen-bond acceptors (Lipinski definition) is 1. The molecule has 0 amide bonds. The minimum absolute atomic E-state index is 0.281. The molecule has 1 aliphatic carbocycles. The summed E-state index contributed by atoms with van der Waals surface area (Å²) in [5.74, 6) is 0.667. The maximum Gasteiger partial charge on any atom is 0.136 e. The van der Waals surface area contributed by atoms with E-state index in [4.69, 9.17) is 11.6 Å². The highest BCUT2D eigenvalue weighted by Crippen LogP contribution is 2.31. The van der Waals surface area contributed by atoms with Crippen LogP contribution in [-0.2, 0) is 4.79 Å². The molecule has 0 aromatic heterocycles. The molecule has 108 valence electrons. The molecule has 0 bridgehead atoms. The average Bonchev–Trinajstić information content (AvgIpc) is 2.53. The highest BCUT2D eigenvalue weighted by Gasteiger charge is 2.20. The van der Waals surface area contributed by atoms with Gasteiger partial charge < -0.3 is 0 Å². The summed E-state index contributed by atoms with van der Waals surface area (Å²) < 4.78 is 0.899. The molecule has 0 N–H and O–H groups in total. The summed E-state index contributed by atoms with van der Waals surface area (Å²) in [4.78, 5) is 12.2. The highest BCUT2D eigenvalue weighted by atomic mass is 79.9. The van der Waals surface area contributed by atoms with Crippen LogP contribution in [0, 0.1) is 5.92 Å². The van der Waals surface area contributed by atoms with Crippen LogP contribution in [-0.4, -0.2) is 5.78 Å².